The summed E-state index contributed by atoms with van der Waals surface area (Å²) in [6, 6.07) is 11.5. The van der Waals surface area contributed by atoms with E-state index in [-0.39, 0.29) is 5.91 Å². The van der Waals surface area contributed by atoms with Crippen molar-refractivity contribution in [3.05, 3.63) is 64.9 Å². The van der Waals surface area contributed by atoms with Gasteiger partial charge in [-0.15, -0.1) is 0 Å². The molecule has 2 aromatic carbocycles. The summed E-state index contributed by atoms with van der Waals surface area (Å²) in [7, 11) is 3.23. The second-order valence-electron chi connectivity index (χ2n) is 6.69. The van der Waals surface area contributed by atoms with Crippen molar-refractivity contribution >= 4 is 22.4 Å². The van der Waals surface area contributed by atoms with E-state index in [9.17, 15) is 4.79 Å². The lowest BCUT2D eigenvalue weighted by Gasteiger charge is -2.11. The Morgan fingerprint density at radius 1 is 1.11 bits per heavy atom. The molecule has 1 N–H and O–H groups in total. The van der Waals surface area contributed by atoms with E-state index >= 15 is 0 Å². The smallest absolute Gasteiger partial charge is 0.244 e. The third-order valence-corrected chi connectivity index (χ3v) is 4.91. The van der Waals surface area contributed by atoms with Crippen molar-refractivity contribution in [3.63, 3.8) is 0 Å². The summed E-state index contributed by atoms with van der Waals surface area (Å²) in [5, 5.41) is 3.93. The van der Waals surface area contributed by atoms with Gasteiger partial charge in [0.05, 0.1) is 14.2 Å². The van der Waals surface area contributed by atoms with Crippen molar-refractivity contribution in [2.24, 2.45) is 0 Å². The van der Waals surface area contributed by atoms with E-state index in [1.54, 1.807) is 20.3 Å². The lowest BCUT2D eigenvalue weighted by atomic mass is 10.0. The van der Waals surface area contributed by atoms with Gasteiger partial charge < -0.3 is 19.2 Å². The number of furan rings is 1. The van der Waals surface area contributed by atoms with Crippen LogP contribution in [0.4, 0.5) is 0 Å². The summed E-state index contributed by atoms with van der Waals surface area (Å²) in [5.41, 5.74) is 4.48. The summed E-state index contributed by atoms with van der Waals surface area (Å²) in [4.78, 5) is 12.4. The van der Waals surface area contributed by atoms with Gasteiger partial charge in [0.15, 0.2) is 0 Å². The van der Waals surface area contributed by atoms with E-state index in [2.05, 4.69) is 5.32 Å². The molecule has 0 unspecified atom stereocenters. The average molecular weight is 379 g/mol. The third-order valence-electron chi connectivity index (χ3n) is 4.91. The molecule has 0 bridgehead atoms. The van der Waals surface area contributed by atoms with Crippen molar-refractivity contribution < 1.29 is 18.7 Å². The maximum Gasteiger partial charge on any atom is 0.244 e. The largest absolute Gasteiger partial charge is 0.496 e. The molecule has 0 saturated carbocycles. The van der Waals surface area contributed by atoms with Gasteiger partial charge in [-0.25, -0.2) is 0 Å². The lowest BCUT2D eigenvalue weighted by molar-refractivity contribution is -0.116. The van der Waals surface area contributed by atoms with Crippen molar-refractivity contribution in [2.45, 2.75) is 27.3 Å². The maximum absolute atomic E-state index is 12.4. The van der Waals surface area contributed by atoms with E-state index in [0.717, 1.165) is 44.7 Å². The third kappa shape index (κ3) is 3.88. The molecular formula is C23H25NO4. The standard InChI is InChI=1S/C23H25NO4/c1-14(10-23(25)24-13-17-8-6-7-9-20(17)26-4)18-11-19-15(2)16(3)28-22(19)12-21(18)27-5/h6-12H,13H2,1-5H3,(H,24,25)/b14-10+. The Balaban J connectivity index is 1.84. The highest BCUT2D eigenvalue weighted by atomic mass is 16.5. The van der Waals surface area contributed by atoms with Crippen molar-refractivity contribution in [3.8, 4) is 11.5 Å². The fourth-order valence-corrected chi connectivity index (χ4v) is 3.20. The van der Waals surface area contributed by atoms with Gasteiger partial charge in [-0.05, 0) is 44.0 Å². The SMILES string of the molecule is COc1ccccc1CNC(=O)/C=C(\C)c1cc2c(C)c(C)oc2cc1OC. The molecule has 0 aliphatic heterocycles. The number of rotatable bonds is 6. The van der Waals surface area contributed by atoms with E-state index < -0.39 is 0 Å². The first-order valence-electron chi connectivity index (χ1n) is 9.10. The van der Waals surface area contributed by atoms with Crippen LogP contribution in [0.1, 0.15) is 29.4 Å². The lowest BCUT2D eigenvalue weighted by Crippen LogP contribution is -2.21. The van der Waals surface area contributed by atoms with E-state index in [4.69, 9.17) is 13.9 Å². The fraction of sp³-hybridized carbons (Fsp3) is 0.261. The number of hydrogen-bond acceptors (Lipinski definition) is 4. The van der Waals surface area contributed by atoms with E-state index in [1.165, 1.54) is 0 Å². The van der Waals surface area contributed by atoms with Crippen LogP contribution in [0, 0.1) is 13.8 Å². The Bertz CT molecular complexity index is 1050. The summed E-state index contributed by atoms with van der Waals surface area (Å²) in [5.74, 6) is 2.13. The number of aryl methyl sites for hydroxylation is 2. The molecular weight excluding hydrogens is 354 g/mol. The zero-order valence-corrected chi connectivity index (χ0v) is 16.9. The van der Waals surface area contributed by atoms with Gasteiger partial charge in [0, 0.05) is 35.2 Å². The monoisotopic (exact) mass is 379 g/mol. The van der Waals surface area contributed by atoms with Crippen LogP contribution in [0.2, 0.25) is 0 Å². The van der Waals surface area contributed by atoms with Crippen LogP contribution in [0.15, 0.2) is 46.9 Å². The normalized spacial score (nSPS) is 11.5. The number of methoxy groups -OCH3 is 2. The average Bonchev–Trinajstić information content (AvgIpc) is 2.98. The van der Waals surface area contributed by atoms with Crippen LogP contribution < -0.4 is 14.8 Å². The summed E-state index contributed by atoms with van der Waals surface area (Å²) in [6.07, 6.45) is 1.58. The highest BCUT2D eigenvalue weighted by Crippen LogP contribution is 2.34. The minimum Gasteiger partial charge on any atom is -0.496 e. The second-order valence-corrected chi connectivity index (χ2v) is 6.69. The predicted octanol–water partition coefficient (Wildman–Crippen LogP) is 4.79. The van der Waals surface area contributed by atoms with Crippen LogP contribution in [-0.2, 0) is 11.3 Å². The number of allylic oxidation sites excluding steroid dienone is 1. The Kier molecular flexibility index (Phi) is 5.73. The second kappa shape index (κ2) is 8.21. The van der Waals surface area contributed by atoms with Crippen molar-refractivity contribution in [2.75, 3.05) is 14.2 Å². The Labute approximate surface area is 164 Å². The van der Waals surface area contributed by atoms with E-state index in [0.29, 0.717) is 12.3 Å². The molecule has 5 nitrogen and oxygen atoms in total. The summed E-state index contributed by atoms with van der Waals surface area (Å²) >= 11 is 0. The van der Waals surface area contributed by atoms with Crippen LogP contribution in [-0.4, -0.2) is 20.1 Å². The Morgan fingerprint density at radius 2 is 1.82 bits per heavy atom. The molecule has 0 fully saturated rings. The number of benzene rings is 2. The highest BCUT2D eigenvalue weighted by molar-refractivity contribution is 5.97. The first-order valence-corrected chi connectivity index (χ1v) is 9.10. The number of carbonyl (C=O) groups is 1. The molecule has 146 valence electrons. The number of para-hydroxylation sites is 1. The molecule has 0 aliphatic rings. The molecule has 1 amide bonds. The minimum absolute atomic E-state index is 0.175. The topological polar surface area (TPSA) is 60.7 Å². The summed E-state index contributed by atoms with van der Waals surface area (Å²) in [6.45, 7) is 6.25. The molecule has 0 spiro atoms. The van der Waals surface area contributed by atoms with Crippen LogP contribution >= 0.6 is 0 Å². The molecule has 0 atom stereocenters. The molecule has 28 heavy (non-hydrogen) atoms. The maximum atomic E-state index is 12.4. The summed E-state index contributed by atoms with van der Waals surface area (Å²) < 4.78 is 16.6. The van der Waals surface area contributed by atoms with Crippen molar-refractivity contribution in [1.82, 2.24) is 5.32 Å². The number of nitrogens with one attached hydrogen (secondary N) is 1. The van der Waals surface area contributed by atoms with Crippen molar-refractivity contribution in [1.29, 1.82) is 0 Å². The zero-order chi connectivity index (χ0) is 20.3. The number of hydrogen-bond donors (Lipinski definition) is 1. The van der Waals surface area contributed by atoms with Gasteiger partial charge in [-0.1, -0.05) is 18.2 Å². The molecule has 1 aromatic heterocycles. The Morgan fingerprint density at radius 3 is 2.54 bits per heavy atom. The predicted molar refractivity (Wildman–Crippen MR) is 111 cm³/mol. The van der Waals surface area contributed by atoms with E-state index in [1.807, 2.05) is 57.2 Å². The molecule has 0 radical (unpaired) electrons. The van der Waals surface area contributed by atoms with Gasteiger partial charge >= 0.3 is 0 Å². The fourth-order valence-electron chi connectivity index (χ4n) is 3.20. The number of fused-ring (bicyclic) bond motifs is 1. The van der Waals surface area contributed by atoms with Crippen LogP contribution in [0.3, 0.4) is 0 Å². The first-order chi connectivity index (χ1) is 13.4. The molecule has 1 heterocycles. The van der Waals surface area contributed by atoms with Gasteiger partial charge in [0.25, 0.3) is 0 Å². The van der Waals surface area contributed by atoms with Gasteiger partial charge in [0.1, 0.15) is 22.8 Å². The number of ether oxygens (including phenoxy) is 2. The van der Waals surface area contributed by atoms with Gasteiger partial charge in [0.2, 0.25) is 5.91 Å². The molecule has 5 heteroatoms. The van der Waals surface area contributed by atoms with Gasteiger partial charge in [-0.2, -0.15) is 0 Å². The molecule has 0 aliphatic carbocycles. The Hall–Kier alpha value is -3.21. The first kappa shape index (κ1) is 19.5. The van der Waals surface area contributed by atoms with Crippen LogP contribution in [0.5, 0.6) is 11.5 Å². The molecule has 3 aromatic rings. The zero-order valence-electron chi connectivity index (χ0n) is 16.9. The quantitative estimate of drug-likeness (QED) is 0.626. The number of carbonyl (C=O) groups excluding carboxylic acids is 1. The molecule has 3 rings (SSSR count). The highest BCUT2D eigenvalue weighted by Gasteiger charge is 2.14. The van der Waals surface area contributed by atoms with Crippen LogP contribution in [0.25, 0.3) is 16.5 Å². The van der Waals surface area contributed by atoms with Gasteiger partial charge in [-0.3, -0.25) is 4.79 Å². The molecule has 0 saturated heterocycles. The number of amides is 1. The minimum atomic E-state index is -0.175.